The molecule has 0 aromatic carbocycles. The summed E-state index contributed by atoms with van der Waals surface area (Å²) in [5.74, 6) is 1.42. The van der Waals surface area contributed by atoms with Gasteiger partial charge in [-0.3, -0.25) is 0 Å². The SMILES string of the molecule is CC(C)(C)C1CCCN(CC2CCCC2O)CC1. The maximum atomic E-state index is 9.94. The van der Waals surface area contributed by atoms with Crippen LogP contribution in [0.3, 0.4) is 0 Å². The van der Waals surface area contributed by atoms with E-state index in [1.165, 1.54) is 45.2 Å². The lowest BCUT2D eigenvalue weighted by atomic mass is 9.77. The second-order valence-electron chi connectivity index (χ2n) is 7.55. The number of hydrogen-bond donors (Lipinski definition) is 1. The Balaban J connectivity index is 1.82. The summed E-state index contributed by atoms with van der Waals surface area (Å²) in [6, 6.07) is 0. The van der Waals surface area contributed by atoms with Crippen molar-refractivity contribution in [2.75, 3.05) is 19.6 Å². The first kappa shape index (κ1) is 14.3. The molecular weight excluding hydrogens is 222 g/mol. The third-order valence-corrected chi connectivity index (χ3v) is 5.16. The van der Waals surface area contributed by atoms with Gasteiger partial charge in [-0.1, -0.05) is 27.2 Å². The molecule has 2 heteroatoms. The molecule has 1 N–H and O–H groups in total. The van der Waals surface area contributed by atoms with Gasteiger partial charge < -0.3 is 10.0 Å². The molecule has 18 heavy (non-hydrogen) atoms. The molecule has 106 valence electrons. The molecule has 0 aromatic rings. The van der Waals surface area contributed by atoms with Gasteiger partial charge in [-0.2, -0.15) is 0 Å². The van der Waals surface area contributed by atoms with Gasteiger partial charge in [0.2, 0.25) is 0 Å². The number of likely N-dealkylation sites (tertiary alicyclic amines) is 1. The summed E-state index contributed by atoms with van der Waals surface area (Å²) in [6.45, 7) is 10.8. The Morgan fingerprint density at radius 1 is 1.00 bits per heavy atom. The summed E-state index contributed by atoms with van der Waals surface area (Å²) in [6.07, 6.45) is 7.53. The number of aliphatic hydroxyl groups excluding tert-OH is 1. The van der Waals surface area contributed by atoms with Crippen molar-refractivity contribution in [2.45, 2.75) is 65.4 Å². The van der Waals surface area contributed by atoms with Crippen molar-refractivity contribution in [1.82, 2.24) is 4.90 Å². The Bertz CT molecular complexity index is 258. The number of hydrogen-bond acceptors (Lipinski definition) is 2. The zero-order chi connectivity index (χ0) is 13.2. The molecule has 2 fully saturated rings. The zero-order valence-corrected chi connectivity index (χ0v) is 12.5. The van der Waals surface area contributed by atoms with Crippen LogP contribution < -0.4 is 0 Å². The zero-order valence-electron chi connectivity index (χ0n) is 12.5. The number of nitrogens with zero attached hydrogens (tertiary/aromatic N) is 1. The van der Waals surface area contributed by atoms with Crippen molar-refractivity contribution in [3.63, 3.8) is 0 Å². The molecule has 1 aliphatic heterocycles. The van der Waals surface area contributed by atoms with Gasteiger partial charge in [-0.15, -0.1) is 0 Å². The fraction of sp³-hybridized carbons (Fsp3) is 1.00. The molecule has 3 unspecified atom stereocenters. The van der Waals surface area contributed by atoms with Crippen molar-refractivity contribution < 1.29 is 5.11 Å². The minimum absolute atomic E-state index is 0.0216. The molecule has 1 aliphatic carbocycles. The van der Waals surface area contributed by atoms with E-state index in [4.69, 9.17) is 0 Å². The van der Waals surface area contributed by atoms with Gasteiger partial charge >= 0.3 is 0 Å². The Morgan fingerprint density at radius 2 is 1.78 bits per heavy atom. The van der Waals surface area contributed by atoms with E-state index in [1.807, 2.05) is 0 Å². The quantitative estimate of drug-likeness (QED) is 0.816. The van der Waals surface area contributed by atoms with E-state index in [2.05, 4.69) is 25.7 Å². The molecule has 3 atom stereocenters. The minimum Gasteiger partial charge on any atom is -0.393 e. The highest BCUT2D eigenvalue weighted by atomic mass is 16.3. The minimum atomic E-state index is -0.0216. The van der Waals surface area contributed by atoms with E-state index in [0.717, 1.165) is 18.9 Å². The van der Waals surface area contributed by atoms with E-state index in [-0.39, 0.29) is 6.10 Å². The van der Waals surface area contributed by atoms with Crippen molar-refractivity contribution in [3.8, 4) is 0 Å². The van der Waals surface area contributed by atoms with Gasteiger partial charge in [-0.05, 0) is 62.4 Å². The topological polar surface area (TPSA) is 23.5 Å². The van der Waals surface area contributed by atoms with Crippen molar-refractivity contribution in [2.24, 2.45) is 17.3 Å². The average molecular weight is 253 g/mol. The van der Waals surface area contributed by atoms with Crippen molar-refractivity contribution in [3.05, 3.63) is 0 Å². The first-order valence-electron chi connectivity index (χ1n) is 7.87. The van der Waals surface area contributed by atoms with Crippen LogP contribution in [-0.4, -0.2) is 35.7 Å². The Kier molecular flexibility index (Phi) is 4.71. The number of aliphatic hydroxyl groups is 1. The first-order chi connectivity index (χ1) is 8.47. The van der Waals surface area contributed by atoms with Crippen molar-refractivity contribution >= 4 is 0 Å². The molecule has 1 saturated heterocycles. The fourth-order valence-electron chi connectivity index (χ4n) is 3.77. The molecule has 0 spiro atoms. The lowest BCUT2D eigenvalue weighted by Crippen LogP contribution is -2.34. The van der Waals surface area contributed by atoms with Gasteiger partial charge in [0.15, 0.2) is 0 Å². The molecule has 1 heterocycles. The highest BCUT2D eigenvalue weighted by Gasteiger charge is 2.30. The van der Waals surface area contributed by atoms with E-state index >= 15 is 0 Å². The highest BCUT2D eigenvalue weighted by Crippen LogP contribution is 2.35. The highest BCUT2D eigenvalue weighted by molar-refractivity contribution is 4.83. The van der Waals surface area contributed by atoms with Crippen LogP contribution in [0, 0.1) is 17.3 Å². The third kappa shape index (κ3) is 3.71. The van der Waals surface area contributed by atoms with E-state index < -0.39 is 0 Å². The molecule has 0 aromatic heterocycles. The van der Waals surface area contributed by atoms with Crippen LogP contribution in [-0.2, 0) is 0 Å². The molecular formula is C16H31NO. The summed E-state index contributed by atoms with van der Waals surface area (Å²) in [7, 11) is 0. The predicted molar refractivity (Wildman–Crippen MR) is 76.6 cm³/mol. The molecule has 2 nitrogen and oxygen atoms in total. The lowest BCUT2D eigenvalue weighted by molar-refractivity contribution is 0.101. The second kappa shape index (κ2) is 5.92. The predicted octanol–water partition coefficient (Wildman–Crippen LogP) is 3.30. The molecule has 2 aliphatic rings. The number of rotatable bonds is 2. The van der Waals surface area contributed by atoms with Gasteiger partial charge in [-0.25, -0.2) is 0 Å². The smallest absolute Gasteiger partial charge is 0.0580 e. The van der Waals surface area contributed by atoms with E-state index in [0.29, 0.717) is 11.3 Å². The molecule has 2 rings (SSSR count). The van der Waals surface area contributed by atoms with Crippen molar-refractivity contribution in [1.29, 1.82) is 0 Å². The van der Waals surface area contributed by atoms with Crippen LogP contribution in [0.15, 0.2) is 0 Å². The van der Waals surface area contributed by atoms with Gasteiger partial charge in [0.05, 0.1) is 6.10 Å². The molecule has 0 radical (unpaired) electrons. The summed E-state index contributed by atoms with van der Waals surface area (Å²) in [5.41, 5.74) is 0.461. The average Bonchev–Trinajstić information content (AvgIpc) is 2.54. The second-order valence-corrected chi connectivity index (χ2v) is 7.55. The van der Waals surface area contributed by atoms with Crippen LogP contribution >= 0.6 is 0 Å². The lowest BCUT2D eigenvalue weighted by Gasteiger charge is -2.30. The van der Waals surface area contributed by atoms with Crippen LogP contribution in [0.5, 0.6) is 0 Å². The Morgan fingerprint density at radius 3 is 2.39 bits per heavy atom. The van der Waals surface area contributed by atoms with Crippen LogP contribution in [0.25, 0.3) is 0 Å². The fourth-order valence-corrected chi connectivity index (χ4v) is 3.77. The van der Waals surface area contributed by atoms with E-state index in [1.54, 1.807) is 0 Å². The van der Waals surface area contributed by atoms with Crippen LogP contribution in [0.1, 0.15) is 59.3 Å². The maximum absolute atomic E-state index is 9.94. The Hall–Kier alpha value is -0.0800. The summed E-state index contributed by atoms with van der Waals surface area (Å²) in [5, 5.41) is 9.94. The standard InChI is InChI=1S/C16H31NO/c1-16(2,3)14-7-5-10-17(11-9-14)12-13-6-4-8-15(13)18/h13-15,18H,4-12H2,1-3H3. The van der Waals surface area contributed by atoms with Gasteiger partial charge in [0.25, 0.3) is 0 Å². The van der Waals surface area contributed by atoms with E-state index in [9.17, 15) is 5.11 Å². The molecule has 0 amide bonds. The molecule has 0 bridgehead atoms. The van der Waals surface area contributed by atoms with Gasteiger partial charge in [0, 0.05) is 6.54 Å². The summed E-state index contributed by atoms with van der Waals surface area (Å²) in [4.78, 5) is 2.62. The monoisotopic (exact) mass is 253 g/mol. The van der Waals surface area contributed by atoms with Crippen LogP contribution in [0.2, 0.25) is 0 Å². The first-order valence-corrected chi connectivity index (χ1v) is 7.87. The maximum Gasteiger partial charge on any atom is 0.0580 e. The van der Waals surface area contributed by atoms with Crippen LogP contribution in [0.4, 0.5) is 0 Å². The third-order valence-electron chi connectivity index (χ3n) is 5.16. The normalized spacial score (nSPS) is 35.7. The molecule has 1 saturated carbocycles. The van der Waals surface area contributed by atoms with Gasteiger partial charge in [0.1, 0.15) is 0 Å². The summed E-state index contributed by atoms with van der Waals surface area (Å²) < 4.78 is 0. The largest absolute Gasteiger partial charge is 0.393 e. The Labute approximate surface area is 113 Å². The summed E-state index contributed by atoms with van der Waals surface area (Å²) >= 11 is 0.